The number of benzene rings is 2. The molecule has 0 aliphatic carbocycles. The first kappa shape index (κ1) is 15.8. The summed E-state index contributed by atoms with van der Waals surface area (Å²) in [6, 6.07) is 11.6. The van der Waals surface area contributed by atoms with Crippen LogP contribution >= 0.6 is 11.6 Å². The van der Waals surface area contributed by atoms with E-state index in [-0.39, 0.29) is 11.7 Å². The Morgan fingerprint density at radius 1 is 1.17 bits per heavy atom. The van der Waals surface area contributed by atoms with Crippen LogP contribution in [-0.4, -0.2) is 23.9 Å². The second-order valence-electron chi connectivity index (χ2n) is 5.67. The molecular formula is C18H18ClFN2O. The highest BCUT2D eigenvalue weighted by Crippen LogP contribution is 2.24. The van der Waals surface area contributed by atoms with E-state index in [9.17, 15) is 9.18 Å². The van der Waals surface area contributed by atoms with Crippen molar-refractivity contribution in [1.29, 1.82) is 0 Å². The maximum Gasteiger partial charge on any atom is 0.255 e. The number of anilines is 1. The van der Waals surface area contributed by atoms with Gasteiger partial charge in [-0.1, -0.05) is 23.7 Å². The van der Waals surface area contributed by atoms with Crippen LogP contribution in [0.25, 0.3) is 0 Å². The van der Waals surface area contributed by atoms with E-state index in [0.29, 0.717) is 22.8 Å². The summed E-state index contributed by atoms with van der Waals surface area (Å²) in [4.78, 5) is 14.5. The van der Waals surface area contributed by atoms with Crippen LogP contribution in [0.4, 0.5) is 10.1 Å². The third-order valence-corrected chi connectivity index (χ3v) is 4.21. The summed E-state index contributed by atoms with van der Waals surface area (Å²) < 4.78 is 13.3. The van der Waals surface area contributed by atoms with Gasteiger partial charge in [-0.15, -0.1) is 0 Å². The molecule has 1 saturated heterocycles. The minimum absolute atomic E-state index is 0.0147. The van der Waals surface area contributed by atoms with Crippen LogP contribution in [0.3, 0.4) is 0 Å². The van der Waals surface area contributed by atoms with Gasteiger partial charge in [-0.05, 0) is 48.7 Å². The fourth-order valence-electron chi connectivity index (χ4n) is 2.78. The van der Waals surface area contributed by atoms with E-state index in [1.54, 1.807) is 24.3 Å². The Morgan fingerprint density at radius 2 is 1.96 bits per heavy atom. The number of carbonyl (C=O) groups is 1. The third-order valence-electron chi connectivity index (χ3n) is 3.98. The molecule has 1 fully saturated rings. The quantitative estimate of drug-likeness (QED) is 0.904. The van der Waals surface area contributed by atoms with Gasteiger partial charge in [0.25, 0.3) is 5.91 Å². The lowest BCUT2D eigenvalue weighted by Crippen LogP contribution is -2.28. The Bertz CT molecular complexity index is 714. The van der Waals surface area contributed by atoms with E-state index in [1.807, 2.05) is 11.0 Å². The van der Waals surface area contributed by atoms with Crippen molar-refractivity contribution in [3.05, 3.63) is 64.4 Å². The van der Waals surface area contributed by atoms with E-state index in [4.69, 9.17) is 11.6 Å². The Kier molecular flexibility index (Phi) is 4.82. The van der Waals surface area contributed by atoms with Gasteiger partial charge in [-0.3, -0.25) is 4.79 Å². The van der Waals surface area contributed by atoms with Gasteiger partial charge >= 0.3 is 0 Å². The van der Waals surface area contributed by atoms with Crippen LogP contribution in [-0.2, 0) is 6.54 Å². The molecule has 3 rings (SSSR count). The number of amides is 1. The van der Waals surface area contributed by atoms with E-state index in [0.717, 1.165) is 31.5 Å². The van der Waals surface area contributed by atoms with E-state index in [1.165, 1.54) is 12.1 Å². The van der Waals surface area contributed by atoms with Crippen molar-refractivity contribution in [2.75, 3.05) is 18.4 Å². The third kappa shape index (κ3) is 3.82. The van der Waals surface area contributed by atoms with Gasteiger partial charge in [0.15, 0.2) is 0 Å². The number of nitrogens with one attached hydrogen (secondary N) is 1. The summed E-state index contributed by atoms with van der Waals surface area (Å²) in [7, 11) is 0. The molecule has 3 nitrogen and oxygen atoms in total. The topological polar surface area (TPSA) is 32.3 Å². The minimum atomic E-state index is -0.274. The highest BCUT2D eigenvalue weighted by Gasteiger charge is 2.21. The van der Waals surface area contributed by atoms with Crippen LogP contribution < -0.4 is 5.32 Å². The molecule has 1 N–H and O–H groups in total. The Morgan fingerprint density at radius 3 is 2.70 bits per heavy atom. The number of rotatable bonds is 4. The van der Waals surface area contributed by atoms with Crippen LogP contribution in [0.5, 0.6) is 0 Å². The zero-order valence-corrected chi connectivity index (χ0v) is 13.4. The van der Waals surface area contributed by atoms with Gasteiger partial charge in [-0.25, -0.2) is 4.39 Å². The lowest BCUT2D eigenvalue weighted by Gasteiger charge is -2.18. The molecule has 0 aromatic heterocycles. The molecule has 5 heteroatoms. The fourth-order valence-corrected chi connectivity index (χ4v) is 2.96. The number of hydrogen-bond acceptors (Lipinski definition) is 2. The molecule has 2 aromatic carbocycles. The molecular weight excluding hydrogens is 315 g/mol. The molecule has 2 aromatic rings. The first-order valence-electron chi connectivity index (χ1n) is 7.70. The molecule has 1 heterocycles. The molecule has 0 spiro atoms. The number of likely N-dealkylation sites (tertiary alicyclic amines) is 1. The van der Waals surface area contributed by atoms with Crippen molar-refractivity contribution in [3.63, 3.8) is 0 Å². The smallest absolute Gasteiger partial charge is 0.255 e. The van der Waals surface area contributed by atoms with Crippen LogP contribution in [0.15, 0.2) is 42.5 Å². The highest BCUT2D eigenvalue weighted by atomic mass is 35.5. The number of halogens is 2. The van der Waals surface area contributed by atoms with Gasteiger partial charge in [0.1, 0.15) is 5.82 Å². The lowest BCUT2D eigenvalue weighted by molar-refractivity contribution is 0.0793. The largest absolute Gasteiger partial charge is 0.380 e. The van der Waals surface area contributed by atoms with Gasteiger partial charge < -0.3 is 10.2 Å². The molecule has 0 bridgehead atoms. The van der Waals surface area contributed by atoms with Crippen molar-refractivity contribution in [3.8, 4) is 0 Å². The zero-order chi connectivity index (χ0) is 16.2. The van der Waals surface area contributed by atoms with Crippen molar-refractivity contribution >= 4 is 23.2 Å². The Hall–Kier alpha value is -2.07. The molecule has 23 heavy (non-hydrogen) atoms. The number of hydrogen-bond donors (Lipinski definition) is 1. The van der Waals surface area contributed by atoms with Crippen molar-refractivity contribution in [2.45, 2.75) is 19.4 Å². The summed E-state index contributed by atoms with van der Waals surface area (Å²) >= 11 is 6.06. The first-order chi connectivity index (χ1) is 11.1. The van der Waals surface area contributed by atoms with E-state index < -0.39 is 0 Å². The van der Waals surface area contributed by atoms with E-state index >= 15 is 0 Å². The Balaban J connectivity index is 1.80. The molecule has 120 valence electrons. The zero-order valence-electron chi connectivity index (χ0n) is 12.7. The molecule has 1 aliphatic rings. The predicted octanol–water partition coefficient (Wildman–Crippen LogP) is 4.33. The number of nitrogens with zero attached hydrogens (tertiary/aromatic N) is 1. The minimum Gasteiger partial charge on any atom is -0.380 e. The monoisotopic (exact) mass is 332 g/mol. The summed E-state index contributed by atoms with van der Waals surface area (Å²) in [5, 5.41) is 3.76. The highest BCUT2D eigenvalue weighted by molar-refractivity contribution is 6.31. The summed E-state index contributed by atoms with van der Waals surface area (Å²) in [5.74, 6) is -0.260. The van der Waals surface area contributed by atoms with Gasteiger partial charge in [0, 0.05) is 30.3 Å². The molecule has 0 radical (unpaired) electrons. The van der Waals surface area contributed by atoms with Gasteiger partial charge in [0.2, 0.25) is 0 Å². The summed E-state index contributed by atoms with van der Waals surface area (Å²) in [6.45, 7) is 2.02. The number of carbonyl (C=O) groups excluding carboxylic acids is 1. The molecule has 0 saturated carbocycles. The van der Waals surface area contributed by atoms with Gasteiger partial charge in [0.05, 0.1) is 5.56 Å². The van der Waals surface area contributed by atoms with Crippen LogP contribution in [0.1, 0.15) is 28.8 Å². The molecule has 1 amide bonds. The maximum absolute atomic E-state index is 13.3. The molecule has 1 aliphatic heterocycles. The average Bonchev–Trinajstić information content (AvgIpc) is 3.07. The van der Waals surface area contributed by atoms with Crippen LogP contribution in [0, 0.1) is 5.82 Å². The second kappa shape index (κ2) is 7.01. The second-order valence-corrected chi connectivity index (χ2v) is 6.11. The predicted molar refractivity (Wildman–Crippen MR) is 90.3 cm³/mol. The summed E-state index contributed by atoms with van der Waals surface area (Å²) in [6.07, 6.45) is 2.09. The van der Waals surface area contributed by atoms with Gasteiger partial charge in [-0.2, -0.15) is 0 Å². The Labute approximate surface area is 140 Å². The average molecular weight is 333 g/mol. The maximum atomic E-state index is 13.3. The van der Waals surface area contributed by atoms with Crippen molar-refractivity contribution < 1.29 is 9.18 Å². The SMILES string of the molecule is O=C(c1ccc(Cl)cc1NCc1cccc(F)c1)N1CCCC1. The first-order valence-corrected chi connectivity index (χ1v) is 8.08. The van der Waals surface area contributed by atoms with Crippen molar-refractivity contribution in [1.82, 2.24) is 4.90 Å². The normalized spacial score (nSPS) is 14.1. The fraction of sp³-hybridized carbons (Fsp3) is 0.278. The van der Waals surface area contributed by atoms with Crippen molar-refractivity contribution in [2.24, 2.45) is 0 Å². The lowest BCUT2D eigenvalue weighted by atomic mass is 10.1. The standard InChI is InChI=1S/C18H18ClFN2O/c19-14-6-7-16(18(23)22-8-1-2-9-22)17(11-14)21-12-13-4-3-5-15(20)10-13/h3-7,10-11,21H,1-2,8-9,12H2. The molecule has 0 atom stereocenters. The van der Waals surface area contributed by atoms with Crippen LogP contribution in [0.2, 0.25) is 5.02 Å². The molecule has 0 unspecified atom stereocenters. The summed E-state index contributed by atoms with van der Waals surface area (Å²) in [5.41, 5.74) is 2.09. The van der Waals surface area contributed by atoms with E-state index in [2.05, 4.69) is 5.32 Å².